The van der Waals surface area contributed by atoms with E-state index in [9.17, 15) is 4.79 Å². The van der Waals surface area contributed by atoms with Crippen LogP contribution in [0.1, 0.15) is 32.1 Å². The van der Waals surface area contributed by atoms with E-state index in [0.717, 1.165) is 12.8 Å². The van der Waals surface area contributed by atoms with Gasteiger partial charge in [0, 0.05) is 6.04 Å². The summed E-state index contributed by atoms with van der Waals surface area (Å²) in [5, 5.41) is 4.21. The van der Waals surface area contributed by atoms with Gasteiger partial charge >= 0.3 is 0 Å². The normalized spacial score (nSPS) is 20.0. The maximum Gasteiger partial charge on any atom is 0.233 e. The van der Waals surface area contributed by atoms with Gasteiger partial charge < -0.3 is 5.73 Å². The average Bonchev–Trinajstić information content (AvgIpc) is 2.03. The Morgan fingerprint density at radius 2 is 2.00 bits per heavy atom. The Morgan fingerprint density at radius 3 is 2.55 bits per heavy atom. The van der Waals surface area contributed by atoms with E-state index in [2.05, 4.69) is 5.32 Å². The van der Waals surface area contributed by atoms with E-state index in [1.54, 1.807) is 0 Å². The number of rotatable bonds is 3. The van der Waals surface area contributed by atoms with Gasteiger partial charge in [-0.1, -0.05) is 19.3 Å². The lowest BCUT2D eigenvalue weighted by Crippen LogP contribution is -2.32. The molecule has 1 rings (SSSR count). The highest BCUT2D eigenvalue weighted by Crippen LogP contribution is 2.17. The molecule has 1 aliphatic carbocycles. The highest BCUT2D eigenvalue weighted by Gasteiger charge is 2.13. The van der Waals surface area contributed by atoms with Crippen LogP contribution in [0.4, 0.5) is 0 Å². The molecule has 0 aromatic carbocycles. The molecule has 63 valence electrons. The molecule has 0 saturated heterocycles. The first-order valence-electron chi connectivity index (χ1n) is 4.24. The zero-order valence-corrected chi connectivity index (χ0v) is 6.75. The molecule has 0 spiro atoms. The summed E-state index contributed by atoms with van der Waals surface area (Å²) in [6.45, 7) is 0.213. The van der Waals surface area contributed by atoms with Crippen molar-refractivity contribution >= 4 is 5.91 Å². The lowest BCUT2D eigenvalue weighted by atomic mass is 9.95. The number of hydrogen-bond acceptors (Lipinski definition) is 1. The summed E-state index contributed by atoms with van der Waals surface area (Å²) in [4.78, 5) is 10.4. The Morgan fingerprint density at radius 1 is 1.36 bits per heavy atom. The average molecular weight is 155 g/mol. The molecule has 3 nitrogen and oxygen atoms in total. The van der Waals surface area contributed by atoms with Crippen molar-refractivity contribution in [2.45, 2.75) is 38.1 Å². The van der Waals surface area contributed by atoms with Crippen LogP contribution in [0.3, 0.4) is 0 Å². The van der Waals surface area contributed by atoms with Crippen molar-refractivity contribution < 1.29 is 4.79 Å². The number of primary amides is 1. The van der Waals surface area contributed by atoms with Gasteiger partial charge in [0.25, 0.3) is 0 Å². The molecule has 1 radical (unpaired) electrons. The van der Waals surface area contributed by atoms with Crippen LogP contribution in [0.2, 0.25) is 0 Å². The van der Waals surface area contributed by atoms with Crippen LogP contribution < -0.4 is 11.1 Å². The Bertz CT molecular complexity index is 130. The van der Waals surface area contributed by atoms with Gasteiger partial charge in [0.15, 0.2) is 0 Å². The number of nitrogens with two attached hydrogens (primary N) is 1. The van der Waals surface area contributed by atoms with Crippen molar-refractivity contribution in [1.82, 2.24) is 5.32 Å². The fourth-order valence-electron chi connectivity index (χ4n) is 1.48. The number of nitrogens with zero attached hydrogens (tertiary/aromatic N) is 1. The summed E-state index contributed by atoms with van der Waals surface area (Å²) in [7, 11) is 0. The topological polar surface area (TPSA) is 57.2 Å². The number of amides is 1. The summed E-state index contributed by atoms with van der Waals surface area (Å²) in [5.41, 5.74) is 4.98. The molecule has 0 aromatic rings. The third kappa shape index (κ3) is 3.37. The lowest BCUT2D eigenvalue weighted by Gasteiger charge is -2.20. The molecular weight excluding hydrogens is 140 g/mol. The Hall–Kier alpha value is -0.570. The van der Waals surface area contributed by atoms with Crippen molar-refractivity contribution in [3.8, 4) is 0 Å². The number of hydrogen-bond donors (Lipinski definition) is 1. The summed E-state index contributed by atoms with van der Waals surface area (Å²) in [6, 6.07) is 0.413. The molecule has 1 saturated carbocycles. The maximum absolute atomic E-state index is 10.4. The van der Waals surface area contributed by atoms with Crippen LogP contribution in [0.5, 0.6) is 0 Å². The van der Waals surface area contributed by atoms with Gasteiger partial charge in [0.2, 0.25) is 5.91 Å². The minimum Gasteiger partial charge on any atom is -0.369 e. The first kappa shape index (κ1) is 8.53. The van der Waals surface area contributed by atoms with Crippen LogP contribution in [0.15, 0.2) is 0 Å². The van der Waals surface area contributed by atoms with Crippen molar-refractivity contribution in [3.63, 3.8) is 0 Å². The molecule has 0 atom stereocenters. The molecule has 3 heteroatoms. The molecule has 11 heavy (non-hydrogen) atoms. The van der Waals surface area contributed by atoms with Crippen LogP contribution in [0.25, 0.3) is 0 Å². The van der Waals surface area contributed by atoms with E-state index in [4.69, 9.17) is 5.73 Å². The van der Waals surface area contributed by atoms with Crippen LogP contribution in [0, 0.1) is 0 Å². The largest absolute Gasteiger partial charge is 0.369 e. The molecule has 1 amide bonds. The second kappa shape index (κ2) is 4.34. The number of carbonyl (C=O) groups excluding carboxylic acids is 1. The van der Waals surface area contributed by atoms with Crippen molar-refractivity contribution in [1.29, 1.82) is 0 Å². The van der Waals surface area contributed by atoms with Gasteiger partial charge in [-0.2, -0.15) is 0 Å². The van der Waals surface area contributed by atoms with Gasteiger partial charge in [-0.25, -0.2) is 5.32 Å². The first-order chi connectivity index (χ1) is 5.29. The SMILES string of the molecule is NC(=O)C[N]C1CCCCC1. The zero-order chi connectivity index (χ0) is 8.10. The molecule has 0 aromatic heterocycles. The van der Waals surface area contributed by atoms with Gasteiger partial charge in [-0.05, 0) is 12.8 Å². The highest BCUT2D eigenvalue weighted by atomic mass is 16.1. The summed E-state index contributed by atoms with van der Waals surface area (Å²) in [6.07, 6.45) is 6.13. The van der Waals surface area contributed by atoms with Gasteiger partial charge in [-0.3, -0.25) is 4.79 Å². The number of carbonyl (C=O) groups is 1. The molecule has 0 bridgehead atoms. The third-order valence-electron chi connectivity index (χ3n) is 2.08. The van der Waals surface area contributed by atoms with Crippen molar-refractivity contribution in [2.75, 3.05) is 6.54 Å². The zero-order valence-electron chi connectivity index (χ0n) is 6.75. The summed E-state index contributed by atoms with van der Waals surface area (Å²) < 4.78 is 0. The molecule has 1 fully saturated rings. The Balaban J connectivity index is 2.09. The smallest absolute Gasteiger partial charge is 0.233 e. The first-order valence-corrected chi connectivity index (χ1v) is 4.24. The molecule has 0 heterocycles. The molecule has 2 N–H and O–H groups in total. The van der Waals surface area contributed by atoms with E-state index in [1.807, 2.05) is 0 Å². The Kier molecular flexibility index (Phi) is 3.36. The predicted molar refractivity (Wildman–Crippen MR) is 43.1 cm³/mol. The van der Waals surface area contributed by atoms with Crippen molar-refractivity contribution in [3.05, 3.63) is 0 Å². The standard InChI is InChI=1S/C8H15N2O/c9-8(11)6-10-7-4-2-1-3-5-7/h7H,1-6H2,(H2,9,11). The van der Waals surface area contributed by atoms with Gasteiger partial charge in [0.05, 0.1) is 6.54 Å². The van der Waals surface area contributed by atoms with Gasteiger partial charge in [0.1, 0.15) is 0 Å². The van der Waals surface area contributed by atoms with Crippen LogP contribution >= 0.6 is 0 Å². The minimum atomic E-state index is -0.310. The fraction of sp³-hybridized carbons (Fsp3) is 0.875. The fourth-order valence-corrected chi connectivity index (χ4v) is 1.48. The van der Waals surface area contributed by atoms with Gasteiger partial charge in [-0.15, -0.1) is 0 Å². The van der Waals surface area contributed by atoms with Crippen LogP contribution in [-0.4, -0.2) is 18.5 Å². The molecule has 0 unspecified atom stereocenters. The quantitative estimate of drug-likeness (QED) is 0.630. The lowest BCUT2D eigenvalue weighted by molar-refractivity contribution is -0.117. The van der Waals surface area contributed by atoms with E-state index < -0.39 is 0 Å². The third-order valence-corrected chi connectivity index (χ3v) is 2.08. The summed E-state index contributed by atoms with van der Waals surface area (Å²) in [5.74, 6) is -0.310. The van der Waals surface area contributed by atoms with Crippen molar-refractivity contribution in [2.24, 2.45) is 5.73 Å². The molecule has 1 aliphatic rings. The Labute approximate surface area is 67.3 Å². The van der Waals surface area contributed by atoms with E-state index in [1.165, 1.54) is 19.3 Å². The van der Waals surface area contributed by atoms with Crippen LogP contribution in [-0.2, 0) is 4.79 Å². The summed E-state index contributed by atoms with van der Waals surface area (Å²) >= 11 is 0. The van der Waals surface area contributed by atoms with E-state index in [-0.39, 0.29) is 12.5 Å². The monoisotopic (exact) mass is 155 g/mol. The van der Waals surface area contributed by atoms with E-state index in [0.29, 0.717) is 6.04 Å². The second-order valence-electron chi connectivity index (χ2n) is 3.10. The van der Waals surface area contributed by atoms with E-state index >= 15 is 0 Å². The molecule has 0 aliphatic heterocycles. The second-order valence-corrected chi connectivity index (χ2v) is 3.10. The molecular formula is C8H15N2O. The highest BCUT2D eigenvalue weighted by molar-refractivity contribution is 5.75. The predicted octanol–water partition coefficient (Wildman–Crippen LogP) is 0.409. The minimum absolute atomic E-state index is 0.213. The maximum atomic E-state index is 10.4.